The summed E-state index contributed by atoms with van der Waals surface area (Å²) in [5.41, 5.74) is 6.82. The van der Waals surface area contributed by atoms with E-state index in [1.165, 1.54) is 0 Å². The Hall–Kier alpha value is -1.02. The molecule has 6 atom stereocenters. The first-order chi connectivity index (χ1) is 10.6. The summed E-state index contributed by atoms with van der Waals surface area (Å²) in [4.78, 5) is 0. The molecule has 22 heavy (non-hydrogen) atoms. The third-order valence-corrected chi connectivity index (χ3v) is 4.28. The second kappa shape index (κ2) is 5.26. The average molecular weight is 307 g/mol. The first-order valence-electron chi connectivity index (χ1n) is 7.64. The van der Waals surface area contributed by atoms with Crippen LogP contribution in [0.25, 0.3) is 0 Å². The van der Waals surface area contributed by atoms with Crippen LogP contribution in [0.3, 0.4) is 0 Å². The maximum absolute atomic E-state index is 6.13. The van der Waals surface area contributed by atoms with Gasteiger partial charge in [0.1, 0.15) is 24.4 Å². The Labute approximate surface area is 129 Å². The molecule has 3 fully saturated rings. The first kappa shape index (κ1) is 14.6. The Balaban J connectivity index is 1.59. The van der Waals surface area contributed by atoms with E-state index in [0.29, 0.717) is 6.54 Å². The average Bonchev–Trinajstić information content (AvgIpc) is 2.99. The second-order valence-electron chi connectivity index (χ2n) is 6.32. The summed E-state index contributed by atoms with van der Waals surface area (Å²) in [6.45, 7) is 4.10. The quantitative estimate of drug-likeness (QED) is 0.888. The van der Waals surface area contributed by atoms with Gasteiger partial charge < -0.3 is 29.4 Å². The summed E-state index contributed by atoms with van der Waals surface area (Å²) < 4.78 is 29.8. The van der Waals surface area contributed by atoms with E-state index in [0.717, 1.165) is 5.56 Å². The highest BCUT2D eigenvalue weighted by molar-refractivity contribution is 5.17. The van der Waals surface area contributed by atoms with Crippen LogP contribution in [-0.2, 0) is 23.7 Å². The number of rotatable bonds is 2. The van der Waals surface area contributed by atoms with Crippen molar-refractivity contribution in [2.24, 2.45) is 5.73 Å². The van der Waals surface area contributed by atoms with E-state index < -0.39 is 18.4 Å². The highest BCUT2D eigenvalue weighted by atomic mass is 16.9. The van der Waals surface area contributed by atoms with Crippen LogP contribution in [0.2, 0.25) is 0 Å². The van der Waals surface area contributed by atoms with Crippen molar-refractivity contribution in [3.63, 3.8) is 0 Å². The highest BCUT2D eigenvalue weighted by Crippen LogP contribution is 2.44. The van der Waals surface area contributed by atoms with Gasteiger partial charge in [-0.2, -0.15) is 0 Å². The van der Waals surface area contributed by atoms with E-state index in [-0.39, 0.29) is 24.4 Å². The summed E-state index contributed by atoms with van der Waals surface area (Å²) in [6.07, 6.45) is -1.92. The summed E-state index contributed by atoms with van der Waals surface area (Å²) in [6, 6.07) is 9.82. The Morgan fingerprint density at radius 2 is 1.73 bits per heavy atom. The van der Waals surface area contributed by atoms with Gasteiger partial charge in [-0.3, -0.25) is 0 Å². The lowest BCUT2D eigenvalue weighted by molar-refractivity contribution is -0.307. The number of ether oxygens (including phenoxy) is 5. The molecule has 0 unspecified atom stereocenters. The first-order valence-corrected chi connectivity index (χ1v) is 7.64. The van der Waals surface area contributed by atoms with E-state index in [1.54, 1.807) is 0 Å². The predicted molar refractivity (Wildman–Crippen MR) is 76.7 cm³/mol. The fourth-order valence-corrected chi connectivity index (χ4v) is 3.33. The van der Waals surface area contributed by atoms with Gasteiger partial charge in [-0.05, 0) is 13.8 Å². The van der Waals surface area contributed by atoms with E-state index >= 15 is 0 Å². The van der Waals surface area contributed by atoms with Gasteiger partial charge in [-0.1, -0.05) is 30.3 Å². The zero-order valence-corrected chi connectivity index (χ0v) is 12.7. The van der Waals surface area contributed by atoms with Gasteiger partial charge in [0.25, 0.3) is 0 Å². The van der Waals surface area contributed by atoms with Crippen LogP contribution in [0.15, 0.2) is 30.3 Å². The van der Waals surface area contributed by atoms with E-state index in [1.807, 2.05) is 44.2 Å². The van der Waals surface area contributed by atoms with Crippen LogP contribution in [0, 0.1) is 0 Å². The van der Waals surface area contributed by atoms with Gasteiger partial charge in [0.15, 0.2) is 18.4 Å². The zero-order chi connectivity index (χ0) is 15.3. The largest absolute Gasteiger partial charge is 0.341 e. The summed E-state index contributed by atoms with van der Waals surface area (Å²) in [5.74, 6) is -0.664. The van der Waals surface area contributed by atoms with Crippen LogP contribution >= 0.6 is 0 Å². The summed E-state index contributed by atoms with van der Waals surface area (Å²) in [7, 11) is 0. The molecule has 6 heteroatoms. The molecule has 0 saturated carbocycles. The lowest BCUT2D eigenvalue weighted by Gasteiger charge is -2.39. The van der Waals surface area contributed by atoms with Gasteiger partial charge in [-0.15, -0.1) is 0 Å². The fraction of sp³-hybridized carbons (Fsp3) is 0.625. The number of hydrogen-bond acceptors (Lipinski definition) is 6. The van der Waals surface area contributed by atoms with Gasteiger partial charge in [0.05, 0.1) is 0 Å². The molecule has 4 rings (SSSR count). The van der Waals surface area contributed by atoms with Gasteiger partial charge >= 0.3 is 0 Å². The number of nitrogens with two attached hydrogens (primary N) is 1. The molecule has 1 aromatic carbocycles. The van der Waals surface area contributed by atoms with Gasteiger partial charge in [-0.25, -0.2) is 0 Å². The number of hydrogen-bond donors (Lipinski definition) is 1. The molecule has 0 radical (unpaired) electrons. The second-order valence-corrected chi connectivity index (χ2v) is 6.32. The summed E-state index contributed by atoms with van der Waals surface area (Å²) in [5, 5.41) is 0. The van der Waals surface area contributed by atoms with Crippen molar-refractivity contribution in [2.45, 2.75) is 56.6 Å². The third-order valence-electron chi connectivity index (χ3n) is 4.28. The molecule has 0 aromatic heterocycles. The molecule has 2 N–H and O–H groups in total. The van der Waals surface area contributed by atoms with Crippen molar-refractivity contribution in [1.82, 2.24) is 0 Å². The van der Waals surface area contributed by atoms with Crippen molar-refractivity contribution in [1.29, 1.82) is 0 Å². The van der Waals surface area contributed by atoms with E-state index in [4.69, 9.17) is 29.4 Å². The fourth-order valence-electron chi connectivity index (χ4n) is 3.33. The number of benzene rings is 1. The van der Waals surface area contributed by atoms with Gasteiger partial charge in [0.2, 0.25) is 0 Å². The minimum atomic E-state index is -0.664. The topological polar surface area (TPSA) is 72.2 Å². The molecular weight excluding hydrogens is 286 g/mol. The van der Waals surface area contributed by atoms with Crippen molar-refractivity contribution in [3.8, 4) is 0 Å². The van der Waals surface area contributed by atoms with Crippen LogP contribution in [0.1, 0.15) is 25.7 Å². The van der Waals surface area contributed by atoms with Crippen LogP contribution in [0.4, 0.5) is 0 Å². The normalized spacial score (nSPS) is 42.9. The van der Waals surface area contributed by atoms with Crippen molar-refractivity contribution < 1.29 is 23.7 Å². The predicted octanol–water partition coefficient (Wildman–Crippen LogP) is 1.30. The lowest BCUT2D eigenvalue weighted by atomic mass is 10.0. The highest BCUT2D eigenvalue weighted by Gasteiger charge is 2.59. The maximum Gasteiger partial charge on any atom is 0.190 e. The van der Waals surface area contributed by atoms with E-state index in [9.17, 15) is 0 Å². The molecule has 3 aliphatic heterocycles. The Morgan fingerprint density at radius 3 is 2.45 bits per heavy atom. The molecule has 0 amide bonds. The summed E-state index contributed by atoms with van der Waals surface area (Å²) >= 11 is 0. The van der Waals surface area contributed by atoms with Crippen LogP contribution in [-0.4, -0.2) is 43.0 Å². The van der Waals surface area contributed by atoms with Crippen molar-refractivity contribution in [3.05, 3.63) is 35.9 Å². The molecule has 6 nitrogen and oxygen atoms in total. The standard InChI is InChI=1S/C16H21NO5/c1-16(2)21-13-12-11(19-15(13)22-16)10(8-17)18-14(20-12)9-6-4-3-5-7-9/h3-7,10-15H,8,17H2,1-2H3/t10-,11+,12-,13-,14-,15+/m0/s1. The molecule has 3 aliphatic rings. The van der Waals surface area contributed by atoms with Gasteiger partial charge in [0, 0.05) is 12.1 Å². The number of fused-ring (bicyclic) bond motifs is 3. The molecule has 0 bridgehead atoms. The molecule has 3 saturated heterocycles. The Bertz CT molecular complexity index is 537. The Morgan fingerprint density at radius 1 is 0.955 bits per heavy atom. The SMILES string of the molecule is CC1(C)O[C@H]2O[C@H]3[C@H](O[C@@H](c4ccccc4)O[C@H]3CN)[C@@H]2O1. The van der Waals surface area contributed by atoms with Crippen molar-refractivity contribution in [2.75, 3.05) is 6.54 Å². The van der Waals surface area contributed by atoms with Crippen molar-refractivity contribution >= 4 is 0 Å². The molecule has 0 spiro atoms. The third kappa shape index (κ3) is 2.36. The minimum absolute atomic E-state index is 0.245. The molecular formula is C16H21NO5. The minimum Gasteiger partial charge on any atom is -0.341 e. The molecule has 3 heterocycles. The lowest BCUT2D eigenvalue weighted by Crippen LogP contribution is -2.52. The molecule has 120 valence electrons. The van der Waals surface area contributed by atoms with Crippen LogP contribution < -0.4 is 5.73 Å². The molecule has 0 aliphatic carbocycles. The Kier molecular flexibility index (Phi) is 3.48. The zero-order valence-electron chi connectivity index (χ0n) is 12.7. The molecule has 1 aromatic rings. The van der Waals surface area contributed by atoms with Crippen LogP contribution in [0.5, 0.6) is 0 Å². The maximum atomic E-state index is 6.13. The van der Waals surface area contributed by atoms with E-state index in [2.05, 4.69) is 0 Å². The monoisotopic (exact) mass is 307 g/mol. The smallest absolute Gasteiger partial charge is 0.190 e.